The summed E-state index contributed by atoms with van der Waals surface area (Å²) in [6.07, 6.45) is 2.27. The Morgan fingerprint density at radius 1 is 1.22 bits per heavy atom. The van der Waals surface area contributed by atoms with Gasteiger partial charge in [-0.3, -0.25) is 4.79 Å². The smallest absolute Gasteiger partial charge is 0.387 e. The third-order valence-electron chi connectivity index (χ3n) is 6.16. The average molecular weight is 456 g/mol. The van der Waals surface area contributed by atoms with Gasteiger partial charge in [0.1, 0.15) is 11.3 Å². The van der Waals surface area contributed by atoms with Gasteiger partial charge >= 0.3 is 12.6 Å². The van der Waals surface area contributed by atoms with Crippen LogP contribution in [-0.2, 0) is 0 Å². The van der Waals surface area contributed by atoms with Crippen LogP contribution in [0.3, 0.4) is 0 Å². The molecule has 4 rings (SSSR count). The molecule has 0 bridgehead atoms. The lowest BCUT2D eigenvalue weighted by atomic mass is 9.91. The SMILES string of the molecule is O=C(O)c1cn(C2CC2)c2c(OC(F)F)c(N3CCC(C(O)CO)CC3)c(F)cc2c1=O. The zero-order valence-corrected chi connectivity index (χ0v) is 17.0. The number of carbonyl (C=O) groups is 1. The first-order valence-corrected chi connectivity index (χ1v) is 10.4. The number of ether oxygens (including phenoxy) is 1. The van der Waals surface area contributed by atoms with Crippen molar-refractivity contribution in [3.8, 4) is 5.75 Å². The summed E-state index contributed by atoms with van der Waals surface area (Å²) in [5.74, 6) is -3.19. The molecule has 8 nitrogen and oxygen atoms in total. The van der Waals surface area contributed by atoms with E-state index in [9.17, 15) is 28.6 Å². The molecule has 1 aromatic heterocycles. The Morgan fingerprint density at radius 2 is 1.88 bits per heavy atom. The normalized spacial score (nSPS) is 18.4. The highest BCUT2D eigenvalue weighted by molar-refractivity contribution is 5.97. The molecule has 1 atom stereocenters. The van der Waals surface area contributed by atoms with Crippen LogP contribution in [0.25, 0.3) is 10.9 Å². The lowest BCUT2D eigenvalue weighted by Gasteiger charge is -2.36. The van der Waals surface area contributed by atoms with Gasteiger partial charge in [0.05, 0.1) is 23.6 Å². The summed E-state index contributed by atoms with van der Waals surface area (Å²) in [7, 11) is 0. The molecule has 0 radical (unpaired) electrons. The van der Waals surface area contributed by atoms with Crippen LogP contribution >= 0.6 is 0 Å². The topological polar surface area (TPSA) is 112 Å². The third-order valence-corrected chi connectivity index (χ3v) is 6.16. The van der Waals surface area contributed by atoms with Crippen molar-refractivity contribution >= 4 is 22.6 Å². The van der Waals surface area contributed by atoms with Gasteiger partial charge in [0.15, 0.2) is 11.6 Å². The van der Waals surface area contributed by atoms with Gasteiger partial charge < -0.3 is 29.5 Å². The van der Waals surface area contributed by atoms with E-state index in [4.69, 9.17) is 9.84 Å². The molecule has 2 fully saturated rings. The molecule has 1 aliphatic carbocycles. The number of hydrogen-bond donors (Lipinski definition) is 3. The van der Waals surface area contributed by atoms with Crippen molar-refractivity contribution in [2.75, 3.05) is 24.6 Å². The van der Waals surface area contributed by atoms with Crippen LogP contribution < -0.4 is 15.1 Å². The van der Waals surface area contributed by atoms with Crippen LogP contribution in [-0.4, -0.2) is 58.3 Å². The first-order valence-electron chi connectivity index (χ1n) is 10.4. The van der Waals surface area contributed by atoms with E-state index in [2.05, 4.69) is 0 Å². The number of fused-ring (bicyclic) bond motifs is 1. The molecule has 32 heavy (non-hydrogen) atoms. The Hall–Kier alpha value is -2.79. The summed E-state index contributed by atoms with van der Waals surface area (Å²) >= 11 is 0. The van der Waals surface area contributed by atoms with E-state index in [1.807, 2.05) is 0 Å². The van der Waals surface area contributed by atoms with E-state index in [0.29, 0.717) is 25.7 Å². The Labute approximate surface area is 180 Å². The lowest BCUT2D eigenvalue weighted by Crippen LogP contribution is -2.39. The van der Waals surface area contributed by atoms with Crippen LogP contribution in [0.1, 0.15) is 42.1 Å². The molecule has 3 N–H and O–H groups in total. The molecule has 1 unspecified atom stereocenters. The minimum Gasteiger partial charge on any atom is -0.477 e. The predicted molar refractivity (Wildman–Crippen MR) is 108 cm³/mol. The number of carboxylic acids is 1. The van der Waals surface area contributed by atoms with E-state index >= 15 is 4.39 Å². The van der Waals surface area contributed by atoms with Gasteiger partial charge in [-0.2, -0.15) is 8.78 Å². The van der Waals surface area contributed by atoms with Gasteiger partial charge in [0.25, 0.3) is 0 Å². The van der Waals surface area contributed by atoms with E-state index in [1.165, 1.54) is 9.47 Å². The van der Waals surface area contributed by atoms with Crippen LogP contribution in [0.4, 0.5) is 18.9 Å². The van der Waals surface area contributed by atoms with Gasteiger partial charge in [0.2, 0.25) is 5.43 Å². The fraction of sp³-hybridized carbons (Fsp3) is 0.524. The van der Waals surface area contributed by atoms with Crippen LogP contribution in [0.2, 0.25) is 0 Å². The van der Waals surface area contributed by atoms with E-state index in [1.54, 1.807) is 0 Å². The number of aromatic nitrogens is 1. The highest BCUT2D eigenvalue weighted by atomic mass is 19.3. The van der Waals surface area contributed by atoms with E-state index in [-0.39, 0.29) is 41.6 Å². The quantitative estimate of drug-likeness (QED) is 0.586. The Morgan fingerprint density at radius 3 is 2.41 bits per heavy atom. The number of benzene rings is 1. The molecule has 2 aliphatic rings. The van der Waals surface area contributed by atoms with Crippen molar-refractivity contribution in [3.05, 3.63) is 33.9 Å². The Balaban J connectivity index is 1.90. The second-order valence-electron chi connectivity index (χ2n) is 8.20. The zero-order valence-electron chi connectivity index (χ0n) is 17.0. The third kappa shape index (κ3) is 4.02. The van der Waals surface area contributed by atoms with Crippen molar-refractivity contribution in [2.45, 2.75) is 44.4 Å². The number of carboxylic acid groups (broad SMARTS) is 1. The number of rotatable bonds is 7. The van der Waals surface area contributed by atoms with Crippen molar-refractivity contribution in [3.63, 3.8) is 0 Å². The van der Waals surface area contributed by atoms with Crippen molar-refractivity contribution in [1.29, 1.82) is 0 Å². The maximum absolute atomic E-state index is 15.2. The number of nitrogens with zero attached hydrogens (tertiary/aromatic N) is 2. The molecular weight excluding hydrogens is 433 g/mol. The summed E-state index contributed by atoms with van der Waals surface area (Å²) in [6.45, 7) is -3.28. The number of hydrogen-bond acceptors (Lipinski definition) is 6. The fourth-order valence-corrected chi connectivity index (χ4v) is 4.39. The number of piperidine rings is 1. The monoisotopic (exact) mass is 456 g/mol. The molecule has 1 saturated heterocycles. The maximum atomic E-state index is 15.2. The molecule has 1 aromatic carbocycles. The molecule has 0 spiro atoms. The number of aliphatic hydroxyl groups is 2. The van der Waals surface area contributed by atoms with Crippen molar-refractivity contribution in [2.24, 2.45) is 5.92 Å². The van der Waals surface area contributed by atoms with Crippen molar-refractivity contribution in [1.82, 2.24) is 4.57 Å². The van der Waals surface area contributed by atoms with Crippen LogP contribution in [0.15, 0.2) is 17.1 Å². The highest BCUT2D eigenvalue weighted by Gasteiger charge is 2.34. The van der Waals surface area contributed by atoms with Crippen molar-refractivity contribution < 1.29 is 38.0 Å². The predicted octanol–water partition coefficient (Wildman–Crippen LogP) is 2.34. The number of alkyl halides is 2. The van der Waals surface area contributed by atoms with E-state index < -0.39 is 47.9 Å². The summed E-state index contributed by atoms with van der Waals surface area (Å²) in [5, 5.41) is 28.1. The first-order chi connectivity index (χ1) is 15.2. The molecule has 0 amide bonds. The minimum absolute atomic E-state index is 0.0586. The fourth-order valence-electron chi connectivity index (χ4n) is 4.39. The number of aliphatic hydroxyl groups excluding tert-OH is 2. The van der Waals surface area contributed by atoms with Gasteiger partial charge in [-0.25, -0.2) is 9.18 Å². The van der Waals surface area contributed by atoms with Crippen LogP contribution in [0.5, 0.6) is 5.75 Å². The lowest BCUT2D eigenvalue weighted by molar-refractivity contribution is -0.0489. The molecule has 11 heteroatoms. The largest absolute Gasteiger partial charge is 0.477 e. The summed E-state index contributed by atoms with van der Waals surface area (Å²) < 4.78 is 48.2. The van der Waals surface area contributed by atoms with Gasteiger partial charge in [-0.15, -0.1) is 0 Å². The minimum atomic E-state index is -3.30. The van der Waals surface area contributed by atoms with Gasteiger partial charge in [-0.1, -0.05) is 0 Å². The Bertz CT molecular complexity index is 1090. The highest BCUT2D eigenvalue weighted by Crippen LogP contribution is 2.45. The number of aromatic carboxylic acids is 1. The second-order valence-corrected chi connectivity index (χ2v) is 8.20. The van der Waals surface area contributed by atoms with Gasteiger partial charge in [-0.05, 0) is 37.7 Å². The molecule has 174 valence electrons. The summed E-state index contributed by atoms with van der Waals surface area (Å²) in [6, 6.07) is 0.672. The van der Waals surface area contributed by atoms with E-state index in [0.717, 1.165) is 12.3 Å². The molecular formula is C21H23F3N2O6. The number of pyridine rings is 1. The Kier molecular flexibility index (Phi) is 6.04. The molecule has 1 saturated carbocycles. The second kappa shape index (κ2) is 8.62. The number of halogens is 3. The standard InChI is InChI=1S/C21H23F3N2O6/c22-14-7-12-16(26(11-1-2-11)8-13(18(12)29)20(30)31)19(32-21(23)24)17(14)25-5-3-10(4-6-25)15(28)9-27/h7-8,10-11,15,21,27-28H,1-6,9H2,(H,30,31). The zero-order chi connectivity index (χ0) is 23.2. The molecule has 2 heterocycles. The van der Waals surface area contributed by atoms with Gasteiger partial charge in [0, 0.05) is 25.3 Å². The number of anilines is 1. The van der Waals surface area contributed by atoms with Crippen LogP contribution in [0, 0.1) is 11.7 Å². The average Bonchev–Trinajstić information content (AvgIpc) is 3.59. The summed E-state index contributed by atoms with van der Waals surface area (Å²) in [5.41, 5.74) is -1.83. The maximum Gasteiger partial charge on any atom is 0.387 e. The summed E-state index contributed by atoms with van der Waals surface area (Å²) in [4.78, 5) is 25.8. The molecule has 2 aromatic rings. The first kappa shape index (κ1) is 22.4. The molecule has 1 aliphatic heterocycles.